The number of allylic oxidation sites excluding steroid dienone is 1. The molecule has 0 amide bonds. The first-order valence-corrected chi connectivity index (χ1v) is 4.85. The van der Waals surface area contributed by atoms with Crippen LogP contribution < -0.4 is 0 Å². The molecular formula is C10H7BrClN. The van der Waals surface area contributed by atoms with Crippen LogP contribution in [0.3, 0.4) is 0 Å². The number of benzene rings is 1. The van der Waals surface area contributed by atoms with Crippen LogP contribution in [-0.2, 0) is 0 Å². The number of hydrogen-bond donors (Lipinski definition) is 0. The molecule has 0 spiro atoms. The van der Waals surface area contributed by atoms with Crippen molar-refractivity contribution >= 4 is 32.6 Å². The molecule has 13 heavy (non-hydrogen) atoms. The van der Waals surface area contributed by atoms with Gasteiger partial charge in [0.2, 0.25) is 0 Å². The highest BCUT2D eigenvalue weighted by molar-refractivity contribution is 9.10. The summed E-state index contributed by atoms with van der Waals surface area (Å²) >= 11 is 9.36. The topological polar surface area (TPSA) is 23.8 Å². The van der Waals surface area contributed by atoms with E-state index >= 15 is 0 Å². The van der Waals surface area contributed by atoms with E-state index in [1.807, 2.05) is 30.3 Å². The number of nitrogens with zero attached hydrogens (tertiary/aromatic N) is 1. The van der Waals surface area contributed by atoms with Gasteiger partial charge in [0.1, 0.15) is 0 Å². The lowest BCUT2D eigenvalue weighted by atomic mass is 10.1. The second-order valence-corrected chi connectivity index (χ2v) is 3.76. The highest BCUT2D eigenvalue weighted by Gasteiger charge is 2.05. The number of nitriles is 1. The van der Waals surface area contributed by atoms with E-state index in [4.69, 9.17) is 16.9 Å². The normalized spacial score (nSPS) is 11.8. The monoisotopic (exact) mass is 255 g/mol. The molecule has 0 aromatic heterocycles. The largest absolute Gasteiger partial charge is 0.193 e. The van der Waals surface area contributed by atoms with Gasteiger partial charge in [-0.2, -0.15) is 5.26 Å². The van der Waals surface area contributed by atoms with Crippen molar-refractivity contribution in [2.45, 2.75) is 6.92 Å². The lowest BCUT2D eigenvalue weighted by molar-refractivity contribution is 1.45. The molecule has 0 fully saturated rings. The van der Waals surface area contributed by atoms with Gasteiger partial charge >= 0.3 is 0 Å². The highest BCUT2D eigenvalue weighted by Crippen LogP contribution is 2.28. The molecular weight excluding hydrogens is 249 g/mol. The lowest BCUT2D eigenvalue weighted by Gasteiger charge is -2.02. The SMILES string of the molecule is C/C(C#N)=C(/Cl)c1ccccc1Br. The van der Waals surface area contributed by atoms with Gasteiger partial charge in [-0.3, -0.25) is 0 Å². The summed E-state index contributed by atoms with van der Waals surface area (Å²) in [6, 6.07) is 9.56. The molecule has 0 unspecified atom stereocenters. The van der Waals surface area contributed by atoms with Gasteiger partial charge in [-0.1, -0.05) is 45.7 Å². The summed E-state index contributed by atoms with van der Waals surface area (Å²) in [5, 5.41) is 9.15. The highest BCUT2D eigenvalue weighted by atomic mass is 79.9. The summed E-state index contributed by atoms with van der Waals surface area (Å²) in [5.74, 6) is 0. The first-order valence-electron chi connectivity index (χ1n) is 3.68. The van der Waals surface area contributed by atoms with Gasteiger partial charge in [-0.05, 0) is 13.0 Å². The van der Waals surface area contributed by atoms with Crippen LogP contribution in [0.4, 0.5) is 0 Å². The van der Waals surface area contributed by atoms with Crippen molar-refractivity contribution < 1.29 is 0 Å². The van der Waals surface area contributed by atoms with E-state index in [1.165, 1.54) is 0 Å². The molecule has 1 aromatic rings. The fourth-order valence-electron chi connectivity index (χ4n) is 0.890. The van der Waals surface area contributed by atoms with Gasteiger partial charge in [-0.15, -0.1) is 0 Å². The van der Waals surface area contributed by atoms with E-state index in [0.29, 0.717) is 10.6 Å². The van der Waals surface area contributed by atoms with E-state index in [2.05, 4.69) is 15.9 Å². The van der Waals surface area contributed by atoms with Crippen LogP contribution in [0.25, 0.3) is 5.03 Å². The average Bonchev–Trinajstić information content (AvgIpc) is 2.16. The molecule has 0 aliphatic carbocycles. The molecule has 0 N–H and O–H groups in total. The van der Waals surface area contributed by atoms with Crippen LogP contribution in [0.5, 0.6) is 0 Å². The second-order valence-electron chi connectivity index (χ2n) is 2.53. The minimum atomic E-state index is 0.495. The second kappa shape index (κ2) is 4.45. The van der Waals surface area contributed by atoms with Crippen LogP contribution in [0.15, 0.2) is 34.3 Å². The summed E-state index contributed by atoms with van der Waals surface area (Å²) in [4.78, 5) is 0. The molecule has 0 saturated heterocycles. The number of rotatable bonds is 1. The van der Waals surface area contributed by atoms with Crippen LogP contribution in [0.2, 0.25) is 0 Å². The summed E-state index contributed by atoms with van der Waals surface area (Å²) in [5.41, 5.74) is 1.37. The van der Waals surface area contributed by atoms with E-state index in [9.17, 15) is 0 Å². The van der Waals surface area contributed by atoms with Crippen molar-refractivity contribution in [1.29, 1.82) is 5.26 Å². The van der Waals surface area contributed by atoms with Crippen molar-refractivity contribution in [3.8, 4) is 6.07 Å². The Balaban J connectivity index is 3.26. The quantitative estimate of drug-likeness (QED) is 0.698. The van der Waals surface area contributed by atoms with Crippen molar-refractivity contribution in [2.75, 3.05) is 0 Å². The predicted molar refractivity (Wildman–Crippen MR) is 58.2 cm³/mol. The van der Waals surface area contributed by atoms with Crippen LogP contribution in [0.1, 0.15) is 12.5 Å². The Kier molecular flexibility index (Phi) is 3.53. The Bertz CT molecular complexity index is 390. The molecule has 66 valence electrons. The maximum atomic E-state index is 8.65. The third-order valence-corrected chi connectivity index (χ3v) is 2.79. The molecule has 1 aromatic carbocycles. The lowest BCUT2D eigenvalue weighted by Crippen LogP contribution is -1.82. The molecule has 1 rings (SSSR count). The summed E-state index contributed by atoms with van der Waals surface area (Å²) in [7, 11) is 0. The molecule has 3 heteroatoms. The van der Waals surface area contributed by atoms with E-state index in [0.717, 1.165) is 10.0 Å². The standard InChI is InChI=1S/C10H7BrClN/c1-7(6-13)10(12)8-4-2-3-5-9(8)11/h2-5H,1H3/b10-7-. The number of hydrogen-bond acceptors (Lipinski definition) is 1. The predicted octanol–water partition coefficient (Wildman–Crippen LogP) is 3.94. The molecule has 0 radical (unpaired) electrons. The molecule has 1 nitrogen and oxygen atoms in total. The fourth-order valence-corrected chi connectivity index (χ4v) is 1.69. The van der Waals surface area contributed by atoms with Crippen molar-refractivity contribution in [3.05, 3.63) is 39.9 Å². The molecule has 0 aliphatic rings. The third-order valence-electron chi connectivity index (χ3n) is 1.61. The Morgan fingerprint density at radius 1 is 1.46 bits per heavy atom. The third kappa shape index (κ3) is 2.33. The molecule has 0 aliphatic heterocycles. The van der Waals surface area contributed by atoms with Crippen molar-refractivity contribution in [1.82, 2.24) is 0 Å². The first kappa shape index (κ1) is 10.3. The van der Waals surface area contributed by atoms with Gasteiger partial charge in [-0.25, -0.2) is 0 Å². The van der Waals surface area contributed by atoms with Crippen LogP contribution in [-0.4, -0.2) is 0 Å². The van der Waals surface area contributed by atoms with Crippen molar-refractivity contribution in [3.63, 3.8) is 0 Å². The zero-order chi connectivity index (χ0) is 9.84. The van der Waals surface area contributed by atoms with Gasteiger partial charge in [0.15, 0.2) is 0 Å². The Hall–Kier alpha value is -0.780. The first-order chi connectivity index (χ1) is 6.16. The Morgan fingerprint density at radius 3 is 2.62 bits per heavy atom. The molecule has 0 saturated carbocycles. The maximum absolute atomic E-state index is 8.65. The maximum Gasteiger partial charge on any atom is 0.0959 e. The van der Waals surface area contributed by atoms with Crippen molar-refractivity contribution in [2.24, 2.45) is 0 Å². The van der Waals surface area contributed by atoms with Gasteiger partial charge < -0.3 is 0 Å². The summed E-state index contributed by atoms with van der Waals surface area (Å²) < 4.78 is 0.898. The van der Waals surface area contributed by atoms with E-state index in [1.54, 1.807) is 6.92 Å². The molecule has 0 atom stereocenters. The van der Waals surface area contributed by atoms with Crippen LogP contribution >= 0.6 is 27.5 Å². The summed E-state index contributed by atoms with van der Waals surface area (Å²) in [6.07, 6.45) is 0. The van der Waals surface area contributed by atoms with Crippen LogP contribution in [0, 0.1) is 11.3 Å². The molecule has 0 heterocycles. The Morgan fingerprint density at radius 2 is 2.08 bits per heavy atom. The Labute approximate surface area is 90.8 Å². The fraction of sp³-hybridized carbons (Fsp3) is 0.100. The smallest absolute Gasteiger partial charge is 0.0959 e. The molecule has 0 bridgehead atoms. The average molecular weight is 257 g/mol. The zero-order valence-electron chi connectivity index (χ0n) is 7.01. The minimum Gasteiger partial charge on any atom is -0.193 e. The van der Waals surface area contributed by atoms with E-state index in [-0.39, 0.29) is 0 Å². The van der Waals surface area contributed by atoms with Gasteiger partial charge in [0.05, 0.1) is 11.1 Å². The van der Waals surface area contributed by atoms with E-state index < -0.39 is 0 Å². The minimum absolute atomic E-state index is 0.495. The van der Waals surface area contributed by atoms with Gasteiger partial charge in [0, 0.05) is 15.6 Å². The summed E-state index contributed by atoms with van der Waals surface area (Å²) in [6.45, 7) is 1.70. The zero-order valence-corrected chi connectivity index (χ0v) is 9.35. The van der Waals surface area contributed by atoms with Gasteiger partial charge in [0.25, 0.3) is 0 Å². The number of halogens is 2.